The summed E-state index contributed by atoms with van der Waals surface area (Å²) >= 11 is 5.12. The Morgan fingerprint density at radius 2 is 2.53 bits per heavy atom. The molecule has 82 valence electrons. The summed E-state index contributed by atoms with van der Waals surface area (Å²) in [6.07, 6.45) is 0.919. The smallest absolute Gasteiger partial charge is 0.239 e. The summed E-state index contributed by atoms with van der Waals surface area (Å²) in [6, 6.07) is 2.09. The number of rotatable bonds is 3. The van der Waals surface area contributed by atoms with Crippen LogP contribution in [0, 0.1) is 0 Å². The number of thiophene rings is 1. The minimum absolute atomic E-state index is 0.0101. The average molecular weight is 289 g/mol. The second-order valence-electron chi connectivity index (χ2n) is 3.71. The van der Waals surface area contributed by atoms with Crippen LogP contribution < -0.4 is 5.32 Å². The number of likely N-dealkylation sites (N-methyl/N-ethyl adjacent to an activating group) is 1. The predicted molar refractivity (Wildman–Crippen MR) is 64.9 cm³/mol. The number of nitrogens with one attached hydrogen (secondary N) is 1. The van der Waals surface area contributed by atoms with Gasteiger partial charge in [0.15, 0.2) is 0 Å². The highest BCUT2D eigenvalue weighted by molar-refractivity contribution is 9.10. The van der Waals surface area contributed by atoms with E-state index in [1.165, 1.54) is 4.88 Å². The largest absolute Gasteiger partial charge is 0.344 e. The zero-order chi connectivity index (χ0) is 10.8. The van der Waals surface area contributed by atoms with Gasteiger partial charge < -0.3 is 10.2 Å². The van der Waals surface area contributed by atoms with Crippen molar-refractivity contribution in [2.45, 2.75) is 19.0 Å². The molecular formula is C10H13BrN2OS. The molecule has 0 aromatic carbocycles. The van der Waals surface area contributed by atoms with Crippen molar-refractivity contribution < 1.29 is 4.79 Å². The molecule has 1 saturated heterocycles. The molecule has 1 N–H and O–H groups in total. The summed E-state index contributed by atoms with van der Waals surface area (Å²) in [6.45, 7) is 1.64. The van der Waals surface area contributed by atoms with E-state index >= 15 is 0 Å². The van der Waals surface area contributed by atoms with Crippen LogP contribution in [0.4, 0.5) is 0 Å². The Kier molecular flexibility index (Phi) is 3.43. The Labute approximate surface area is 102 Å². The lowest BCUT2D eigenvalue weighted by Gasteiger charge is -2.11. The van der Waals surface area contributed by atoms with E-state index in [0.717, 1.165) is 24.0 Å². The summed E-state index contributed by atoms with van der Waals surface area (Å²) in [5, 5.41) is 5.34. The molecule has 1 atom stereocenters. The maximum Gasteiger partial charge on any atom is 0.239 e. The molecule has 0 saturated carbocycles. The van der Waals surface area contributed by atoms with E-state index in [9.17, 15) is 4.79 Å². The van der Waals surface area contributed by atoms with E-state index in [-0.39, 0.29) is 11.9 Å². The number of halogens is 1. The van der Waals surface area contributed by atoms with Crippen LogP contribution in [0.3, 0.4) is 0 Å². The van der Waals surface area contributed by atoms with Gasteiger partial charge in [0, 0.05) is 34.9 Å². The summed E-state index contributed by atoms with van der Waals surface area (Å²) in [4.78, 5) is 14.6. The lowest BCUT2D eigenvalue weighted by molar-refractivity contribution is -0.128. The van der Waals surface area contributed by atoms with Crippen LogP contribution in [0.15, 0.2) is 15.9 Å². The fourth-order valence-electron chi connectivity index (χ4n) is 1.68. The van der Waals surface area contributed by atoms with Crippen molar-refractivity contribution in [3.8, 4) is 0 Å². The van der Waals surface area contributed by atoms with Gasteiger partial charge >= 0.3 is 0 Å². The highest BCUT2D eigenvalue weighted by atomic mass is 79.9. The molecular weight excluding hydrogens is 276 g/mol. The summed E-state index contributed by atoms with van der Waals surface area (Å²) in [5.41, 5.74) is 0. The second-order valence-corrected chi connectivity index (χ2v) is 5.62. The third-order valence-corrected chi connectivity index (χ3v) is 4.27. The number of carbonyl (C=O) groups excluding carboxylic acids is 1. The van der Waals surface area contributed by atoms with Crippen LogP contribution in [0.25, 0.3) is 0 Å². The molecule has 15 heavy (non-hydrogen) atoms. The lowest BCUT2D eigenvalue weighted by Crippen LogP contribution is -2.36. The number of hydrogen-bond acceptors (Lipinski definition) is 3. The maximum absolute atomic E-state index is 11.6. The molecule has 0 bridgehead atoms. The Balaban J connectivity index is 1.86. The Bertz CT molecular complexity index is 366. The molecule has 3 nitrogen and oxygen atoms in total. The minimum atomic E-state index is 0.0101. The van der Waals surface area contributed by atoms with E-state index in [4.69, 9.17) is 0 Å². The first kappa shape index (κ1) is 11.1. The molecule has 0 radical (unpaired) electrons. The van der Waals surface area contributed by atoms with Crippen LogP contribution in [-0.2, 0) is 11.3 Å². The second kappa shape index (κ2) is 4.63. The molecule has 2 rings (SSSR count). The number of nitrogens with zero attached hydrogens (tertiary/aromatic N) is 1. The Hall–Kier alpha value is -0.390. The van der Waals surface area contributed by atoms with Crippen molar-refractivity contribution in [2.24, 2.45) is 0 Å². The van der Waals surface area contributed by atoms with E-state index in [1.807, 2.05) is 7.05 Å². The van der Waals surface area contributed by atoms with Crippen molar-refractivity contribution in [3.63, 3.8) is 0 Å². The SMILES string of the molecule is CN1CCC(NCc2cc(Br)cs2)C1=O. The van der Waals surface area contributed by atoms with Crippen LogP contribution in [-0.4, -0.2) is 30.4 Å². The quantitative estimate of drug-likeness (QED) is 0.920. The molecule has 1 aromatic rings. The van der Waals surface area contributed by atoms with Gasteiger partial charge in [0.05, 0.1) is 6.04 Å². The third-order valence-electron chi connectivity index (χ3n) is 2.57. The molecule has 2 heterocycles. The highest BCUT2D eigenvalue weighted by Crippen LogP contribution is 2.20. The van der Waals surface area contributed by atoms with Crippen LogP contribution in [0.5, 0.6) is 0 Å². The number of amides is 1. The zero-order valence-corrected chi connectivity index (χ0v) is 10.9. The first-order valence-corrected chi connectivity index (χ1v) is 6.55. The van der Waals surface area contributed by atoms with Crippen LogP contribution in [0.2, 0.25) is 0 Å². The van der Waals surface area contributed by atoms with Gasteiger partial charge in [0.1, 0.15) is 0 Å². The molecule has 0 spiro atoms. The van der Waals surface area contributed by atoms with Crippen LogP contribution in [0.1, 0.15) is 11.3 Å². The highest BCUT2D eigenvalue weighted by Gasteiger charge is 2.28. The van der Waals surface area contributed by atoms with Crippen LogP contribution >= 0.6 is 27.3 Å². The molecule has 5 heteroatoms. The lowest BCUT2D eigenvalue weighted by atomic mass is 10.2. The van der Waals surface area contributed by atoms with Gasteiger partial charge in [-0.25, -0.2) is 0 Å². The standard InChI is InChI=1S/C10H13BrN2OS/c1-13-3-2-9(10(13)14)12-5-8-4-7(11)6-15-8/h4,6,9,12H,2-3,5H2,1H3. The number of hydrogen-bond donors (Lipinski definition) is 1. The average Bonchev–Trinajstić information content (AvgIpc) is 2.74. The van der Waals surface area contributed by atoms with Gasteiger partial charge in [0.2, 0.25) is 5.91 Å². The summed E-state index contributed by atoms with van der Waals surface area (Å²) in [7, 11) is 1.85. The van der Waals surface area contributed by atoms with E-state index < -0.39 is 0 Å². The minimum Gasteiger partial charge on any atom is -0.344 e. The van der Waals surface area contributed by atoms with Crippen molar-refractivity contribution in [1.29, 1.82) is 0 Å². The van der Waals surface area contributed by atoms with Gasteiger partial charge in [-0.2, -0.15) is 0 Å². The third kappa shape index (κ3) is 2.59. The number of carbonyl (C=O) groups is 1. The topological polar surface area (TPSA) is 32.3 Å². The Morgan fingerprint density at radius 1 is 1.73 bits per heavy atom. The fraction of sp³-hybridized carbons (Fsp3) is 0.500. The normalized spacial score (nSPS) is 21.3. The maximum atomic E-state index is 11.6. The first-order chi connectivity index (χ1) is 7.16. The van der Waals surface area contributed by atoms with Gasteiger partial charge in [-0.15, -0.1) is 11.3 Å². The molecule has 1 aromatic heterocycles. The van der Waals surface area contributed by atoms with Gasteiger partial charge in [0.25, 0.3) is 0 Å². The first-order valence-electron chi connectivity index (χ1n) is 4.88. The van der Waals surface area contributed by atoms with Crippen molar-refractivity contribution >= 4 is 33.2 Å². The zero-order valence-electron chi connectivity index (χ0n) is 8.50. The van der Waals surface area contributed by atoms with Crippen molar-refractivity contribution in [2.75, 3.05) is 13.6 Å². The number of likely N-dealkylation sites (tertiary alicyclic amines) is 1. The van der Waals surface area contributed by atoms with Crippen molar-refractivity contribution in [1.82, 2.24) is 10.2 Å². The van der Waals surface area contributed by atoms with E-state index in [1.54, 1.807) is 16.2 Å². The molecule has 1 amide bonds. The Morgan fingerprint density at radius 3 is 3.07 bits per heavy atom. The van der Waals surface area contributed by atoms with Gasteiger partial charge in [-0.05, 0) is 28.4 Å². The predicted octanol–water partition coefficient (Wildman–Crippen LogP) is 1.83. The summed E-state index contributed by atoms with van der Waals surface area (Å²) < 4.78 is 1.11. The van der Waals surface area contributed by atoms with Gasteiger partial charge in [-0.1, -0.05) is 0 Å². The summed E-state index contributed by atoms with van der Waals surface area (Å²) in [5.74, 6) is 0.214. The van der Waals surface area contributed by atoms with E-state index in [0.29, 0.717) is 0 Å². The molecule has 1 fully saturated rings. The molecule has 1 aliphatic rings. The molecule has 0 aliphatic carbocycles. The fourth-order valence-corrected chi connectivity index (χ4v) is 3.08. The van der Waals surface area contributed by atoms with Crippen molar-refractivity contribution in [3.05, 3.63) is 20.8 Å². The van der Waals surface area contributed by atoms with Gasteiger partial charge in [-0.3, -0.25) is 4.79 Å². The monoisotopic (exact) mass is 288 g/mol. The molecule has 1 aliphatic heterocycles. The van der Waals surface area contributed by atoms with E-state index in [2.05, 4.69) is 32.7 Å². The molecule has 1 unspecified atom stereocenters.